The molecule has 0 radical (unpaired) electrons. The van der Waals surface area contributed by atoms with E-state index in [1.165, 1.54) is 12.5 Å². The summed E-state index contributed by atoms with van der Waals surface area (Å²) < 4.78 is 5.04. The Morgan fingerprint density at radius 2 is 2.05 bits per heavy atom. The molecule has 1 heterocycles. The first-order chi connectivity index (χ1) is 10.2. The summed E-state index contributed by atoms with van der Waals surface area (Å²) in [6, 6.07) is 11.9. The molecule has 1 aromatic carbocycles. The second kappa shape index (κ2) is 7.37. The third-order valence-corrected chi connectivity index (χ3v) is 2.83. The van der Waals surface area contributed by atoms with Crippen LogP contribution in [0, 0.1) is 0 Å². The highest BCUT2D eigenvalue weighted by molar-refractivity contribution is 5.83. The van der Waals surface area contributed by atoms with Crippen molar-refractivity contribution in [1.29, 1.82) is 0 Å². The van der Waals surface area contributed by atoms with Gasteiger partial charge in [-0.05, 0) is 24.6 Å². The Hall–Kier alpha value is -2.44. The van der Waals surface area contributed by atoms with Gasteiger partial charge in [0.2, 0.25) is 0 Å². The van der Waals surface area contributed by atoms with Gasteiger partial charge in [-0.15, -0.1) is 0 Å². The van der Waals surface area contributed by atoms with E-state index in [9.17, 15) is 9.90 Å². The van der Waals surface area contributed by atoms with E-state index in [4.69, 9.17) is 4.42 Å². The average molecular weight is 287 g/mol. The van der Waals surface area contributed by atoms with E-state index in [1.54, 1.807) is 31.2 Å². The molecule has 0 aliphatic rings. The van der Waals surface area contributed by atoms with Crippen molar-refractivity contribution in [3.05, 3.63) is 60.1 Å². The molecule has 0 aliphatic carbocycles. The van der Waals surface area contributed by atoms with Crippen LogP contribution in [0.3, 0.4) is 0 Å². The smallest absolute Gasteiger partial charge is 0.256 e. The summed E-state index contributed by atoms with van der Waals surface area (Å²) in [4.78, 5) is 11.8. The summed E-state index contributed by atoms with van der Waals surface area (Å²) >= 11 is 0. The lowest BCUT2D eigenvalue weighted by atomic mass is 10.2. The highest BCUT2D eigenvalue weighted by Crippen LogP contribution is 2.09. The molecule has 6 nitrogen and oxygen atoms in total. The molecule has 0 saturated heterocycles. The van der Waals surface area contributed by atoms with Gasteiger partial charge in [0.05, 0.1) is 18.5 Å². The quantitative estimate of drug-likeness (QED) is 0.426. The van der Waals surface area contributed by atoms with Gasteiger partial charge in [-0.3, -0.25) is 10.1 Å². The molecule has 2 atom stereocenters. The van der Waals surface area contributed by atoms with E-state index in [0.29, 0.717) is 11.3 Å². The summed E-state index contributed by atoms with van der Waals surface area (Å²) in [5, 5.41) is 16.5. The molecule has 2 aromatic rings. The van der Waals surface area contributed by atoms with Crippen molar-refractivity contribution < 1.29 is 14.3 Å². The number of benzene rings is 1. The second-order valence-corrected chi connectivity index (χ2v) is 4.45. The van der Waals surface area contributed by atoms with Crippen molar-refractivity contribution in [3.8, 4) is 0 Å². The van der Waals surface area contributed by atoms with E-state index in [1.807, 2.05) is 18.2 Å². The van der Waals surface area contributed by atoms with Gasteiger partial charge < -0.3 is 9.52 Å². The maximum absolute atomic E-state index is 11.8. The minimum absolute atomic E-state index is 0.354. The highest BCUT2D eigenvalue weighted by atomic mass is 16.3. The van der Waals surface area contributed by atoms with Crippen molar-refractivity contribution >= 4 is 12.1 Å². The van der Waals surface area contributed by atoms with Crippen molar-refractivity contribution in [2.24, 2.45) is 5.10 Å². The van der Waals surface area contributed by atoms with E-state index in [-0.39, 0.29) is 5.91 Å². The monoisotopic (exact) mass is 287 g/mol. The molecule has 0 fully saturated rings. The first-order valence-corrected chi connectivity index (χ1v) is 6.52. The summed E-state index contributed by atoms with van der Waals surface area (Å²) in [7, 11) is 0. The first kappa shape index (κ1) is 15.0. The zero-order valence-corrected chi connectivity index (χ0v) is 11.6. The maximum Gasteiger partial charge on any atom is 0.256 e. The third kappa shape index (κ3) is 4.55. The Bertz CT molecular complexity index is 581. The SMILES string of the molecule is CC(NC(O)c1ccccc1)C(=O)NN=Cc1ccco1. The minimum Gasteiger partial charge on any atom is -0.463 e. The van der Waals surface area contributed by atoms with Crippen LogP contribution in [0.15, 0.2) is 58.2 Å². The van der Waals surface area contributed by atoms with Crippen LogP contribution in [0.4, 0.5) is 0 Å². The number of hydrazone groups is 1. The largest absolute Gasteiger partial charge is 0.463 e. The molecule has 2 rings (SSSR count). The number of aliphatic hydroxyl groups is 1. The van der Waals surface area contributed by atoms with Gasteiger partial charge in [-0.2, -0.15) is 5.10 Å². The van der Waals surface area contributed by atoms with Crippen LogP contribution in [0.5, 0.6) is 0 Å². The maximum atomic E-state index is 11.8. The van der Waals surface area contributed by atoms with Crippen molar-refractivity contribution in [1.82, 2.24) is 10.7 Å². The molecule has 2 unspecified atom stereocenters. The van der Waals surface area contributed by atoms with Crippen molar-refractivity contribution in [2.75, 3.05) is 0 Å². The molecule has 1 aromatic heterocycles. The number of hydrogen-bond acceptors (Lipinski definition) is 5. The zero-order valence-electron chi connectivity index (χ0n) is 11.6. The molecular formula is C15H17N3O3. The fourth-order valence-electron chi connectivity index (χ4n) is 1.67. The van der Waals surface area contributed by atoms with E-state index < -0.39 is 12.3 Å². The molecule has 0 bridgehead atoms. The Morgan fingerprint density at radius 1 is 1.29 bits per heavy atom. The van der Waals surface area contributed by atoms with Gasteiger partial charge in [0.25, 0.3) is 5.91 Å². The van der Waals surface area contributed by atoms with E-state index in [0.717, 1.165) is 0 Å². The lowest BCUT2D eigenvalue weighted by Crippen LogP contribution is -2.42. The molecule has 1 amide bonds. The zero-order chi connectivity index (χ0) is 15.1. The fourth-order valence-corrected chi connectivity index (χ4v) is 1.67. The minimum atomic E-state index is -0.916. The fraction of sp³-hybridized carbons (Fsp3) is 0.200. The Labute approximate surface area is 122 Å². The van der Waals surface area contributed by atoms with Crippen LogP contribution >= 0.6 is 0 Å². The summed E-state index contributed by atoms with van der Waals surface area (Å²) in [6.07, 6.45) is 2.00. The molecule has 0 spiro atoms. The molecule has 0 aliphatic heterocycles. The number of carbonyl (C=O) groups is 1. The summed E-state index contributed by atoms with van der Waals surface area (Å²) in [5.74, 6) is 0.188. The Kier molecular flexibility index (Phi) is 5.25. The molecule has 110 valence electrons. The van der Waals surface area contributed by atoms with Crippen LogP contribution in [0.25, 0.3) is 0 Å². The first-order valence-electron chi connectivity index (χ1n) is 6.52. The summed E-state index contributed by atoms with van der Waals surface area (Å²) in [6.45, 7) is 1.64. The number of carbonyl (C=O) groups excluding carboxylic acids is 1. The van der Waals surface area contributed by atoms with E-state index >= 15 is 0 Å². The Morgan fingerprint density at radius 3 is 2.71 bits per heavy atom. The molecule has 0 saturated carbocycles. The molecule has 21 heavy (non-hydrogen) atoms. The Balaban J connectivity index is 1.82. The van der Waals surface area contributed by atoms with Gasteiger partial charge in [0.1, 0.15) is 12.0 Å². The van der Waals surface area contributed by atoms with E-state index in [2.05, 4.69) is 15.8 Å². The van der Waals surface area contributed by atoms with Crippen molar-refractivity contribution in [2.45, 2.75) is 19.2 Å². The molecular weight excluding hydrogens is 270 g/mol. The highest BCUT2D eigenvalue weighted by Gasteiger charge is 2.16. The predicted octanol–water partition coefficient (Wildman–Crippen LogP) is 1.40. The normalized spacial score (nSPS) is 14.0. The van der Waals surface area contributed by atoms with Crippen molar-refractivity contribution in [3.63, 3.8) is 0 Å². The number of furan rings is 1. The van der Waals surface area contributed by atoms with Gasteiger partial charge in [0, 0.05) is 0 Å². The van der Waals surface area contributed by atoms with Crippen LogP contribution in [0.2, 0.25) is 0 Å². The lowest BCUT2D eigenvalue weighted by Gasteiger charge is -2.17. The number of aliphatic hydroxyl groups excluding tert-OH is 1. The lowest BCUT2D eigenvalue weighted by molar-refractivity contribution is -0.123. The van der Waals surface area contributed by atoms with Gasteiger partial charge in [-0.1, -0.05) is 30.3 Å². The number of amides is 1. The van der Waals surface area contributed by atoms with Gasteiger partial charge >= 0.3 is 0 Å². The van der Waals surface area contributed by atoms with Gasteiger partial charge in [0.15, 0.2) is 0 Å². The van der Waals surface area contributed by atoms with Crippen LogP contribution in [-0.2, 0) is 4.79 Å². The van der Waals surface area contributed by atoms with Gasteiger partial charge in [-0.25, -0.2) is 5.43 Å². The number of nitrogens with one attached hydrogen (secondary N) is 2. The molecule has 3 N–H and O–H groups in total. The second-order valence-electron chi connectivity index (χ2n) is 4.45. The number of nitrogens with zero attached hydrogens (tertiary/aromatic N) is 1. The topological polar surface area (TPSA) is 86.9 Å². The third-order valence-electron chi connectivity index (χ3n) is 2.83. The standard InChI is InChI=1S/C15H17N3O3/c1-11(17-15(20)12-6-3-2-4-7-12)14(19)18-16-10-13-8-5-9-21-13/h2-11,15,17,20H,1H3,(H,18,19). The summed E-state index contributed by atoms with van der Waals surface area (Å²) in [5.41, 5.74) is 3.07. The van der Waals surface area contributed by atoms with Crippen LogP contribution < -0.4 is 10.7 Å². The van der Waals surface area contributed by atoms with Crippen LogP contribution in [0.1, 0.15) is 24.5 Å². The molecule has 6 heteroatoms. The number of rotatable bonds is 6. The number of hydrogen-bond donors (Lipinski definition) is 3. The van der Waals surface area contributed by atoms with Crippen LogP contribution in [-0.4, -0.2) is 23.3 Å². The predicted molar refractivity (Wildman–Crippen MR) is 78.4 cm³/mol. The average Bonchev–Trinajstić information content (AvgIpc) is 3.01.